The van der Waals surface area contributed by atoms with Gasteiger partial charge < -0.3 is 15.1 Å². The number of nitrogens with zero attached hydrogens (tertiary/aromatic N) is 1. The smallest absolute Gasteiger partial charge is 0.433 e. The minimum Gasteiger partial charge on any atom is -0.459 e. The van der Waals surface area contributed by atoms with E-state index >= 15 is 0 Å². The fourth-order valence-electron chi connectivity index (χ4n) is 1.64. The molecule has 9 heteroatoms. The summed E-state index contributed by atoms with van der Waals surface area (Å²) in [5.41, 5.74) is -1.07. The van der Waals surface area contributed by atoms with Crippen molar-refractivity contribution in [2.75, 3.05) is 13.1 Å². The SMILES string of the molecule is O=C(NCCNC(=O)c1ccco1)c1ccc(C(F)(F)F)nc1. The van der Waals surface area contributed by atoms with E-state index in [1.807, 2.05) is 0 Å². The summed E-state index contributed by atoms with van der Waals surface area (Å²) in [6, 6.07) is 4.82. The molecule has 0 saturated heterocycles. The number of amides is 2. The van der Waals surface area contributed by atoms with Crippen LogP contribution in [0, 0.1) is 0 Å². The summed E-state index contributed by atoms with van der Waals surface area (Å²) >= 11 is 0. The van der Waals surface area contributed by atoms with Gasteiger partial charge in [-0.3, -0.25) is 14.6 Å². The number of furan rings is 1. The molecule has 2 amide bonds. The number of hydrogen-bond acceptors (Lipinski definition) is 4. The number of carbonyl (C=O) groups is 2. The van der Waals surface area contributed by atoms with Gasteiger partial charge in [-0.15, -0.1) is 0 Å². The average molecular weight is 327 g/mol. The first-order chi connectivity index (χ1) is 10.9. The lowest BCUT2D eigenvalue weighted by Crippen LogP contribution is -2.34. The van der Waals surface area contributed by atoms with Gasteiger partial charge >= 0.3 is 6.18 Å². The van der Waals surface area contributed by atoms with E-state index in [4.69, 9.17) is 4.42 Å². The molecule has 2 aromatic rings. The quantitative estimate of drug-likeness (QED) is 0.821. The third-order valence-corrected chi connectivity index (χ3v) is 2.76. The highest BCUT2D eigenvalue weighted by molar-refractivity contribution is 5.94. The fourth-order valence-corrected chi connectivity index (χ4v) is 1.64. The van der Waals surface area contributed by atoms with Crippen molar-refractivity contribution in [2.45, 2.75) is 6.18 Å². The molecule has 2 rings (SSSR count). The molecule has 0 bridgehead atoms. The highest BCUT2D eigenvalue weighted by Crippen LogP contribution is 2.27. The Morgan fingerprint density at radius 3 is 2.30 bits per heavy atom. The van der Waals surface area contributed by atoms with E-state index in [0.29, 0.717) is 0 Å². The second-order valence-corrected chi connectivity index (χ2v) is 4.42. The van der Waals surface area contributed by atoms with Crippen molar-refractivity contribution in [3.63, 3.8) is 0 Å². The zero-order chi connectivity index (χ0) is 16.9. The highest BCUT2D eigenvalue weighted by Gasteiger charge is 2.32. The molecule has 2 heterocycles. The lowest BCUT2D eigenvalue weighted by atomic mass is 10.2. The van der Waals surface area contributed by atoms with Crippen LogP contribution in [0.4, 0.5) is 13.2 Å². The van der Waals surface area contributed by atoms with E-state index in [-0.39, 0.29) is 24.4 Å². The molecule has 0 spiro atoms. The molecule has 6 nitrogen and oxygen atoms in total. The van der Waals surface area contributed by atoms with E-state index in [2.05, 4.69) is 15.6 Å². The molecule has 0 atom stereocenters. The largest absolute Gasteiger partial charge is 0.459 e. The number of nitrogens with one attached hydrogen (secondary N) is 2. The second-order valence-electron chi connectivity index (χ2n) is 4.42. The third kappa shape index (κ3) is 4.56. The minimum atomic E-state index is -4.55. The third-order valence-electron chi connectivity index (χ3n) is 2.76. The maximum atomic E-state index is 12.4. The van der Waals surface area contributed by atoms with Crippen LogP contribution >= 0.6 is 0 Å². The van der Waals surface area contributed by atoms with Crippen LogP contribution in [0.3, 0.4) is 0 Å². The van der Waals surface area contributed by atoms with Crippen molar-refractivity contribution in [1.29, 1.82) is 0 Å². The van der Waals surface area contributed by atoms with E-state index in [1.165, 1.54) is 12.3 Å². The Balaban J connectivity index is 1.78. The molecule has 0 aromatic carbocycles. The Bertz CT molecular complexity index is 667. The number of alkyl halides is 3. The molecule has 23 heavy (non-hydrogen) atoms. The molecule has 0 saturated carbocycles. The van der Waals surface area contributed by atoms with Crippen LogP contribution in [-0.4, -0.2) is 29.9 Å². The molecule has 2 N–H and O–H groups in total. The Morgan fingerprint density at radius 2 is 1.78 bits per heavy atom. The van der Waals surface area contributed by atoms with Gasteiger partial charge in [0.1, 0.15) is 5.69 Å². The molecule has 0 fully saturated rings. The van der Waals surface area contributed by atoms with E-state index < -0.39 is 23.7 Å². The van der Waals surface area contributed by atoms with Gasteiger partial charge in [-0.1, -0.05) is 0 Å². The summed E-state index contributed by atoms with van der Waals surface area (Å²) < 4.78 is 41.9. The zero-order valence-corrected chi connectivity index (χ0v) is 11.7. The van der Waals surface area contributed by atoms with Gasteiger partial charge in [0.05, 0.1) is 11.8 Å². The number of carbonyl (C=O) groups excluding carboxylic acids is 2. The van der Waals surface area contributed by atoms with Crippen LogP contribution in [0.2, 0.25) is 0 Å². The lowest BCUT2D eigenvalue weighted by molar-refractivity contribution is -0.141. The molecule has 0 radical (unpaired) electrons. The van der Waals surface area contributed by atoms with Crippen LogP contribution < -0.4 is 10.6 Å². The summed E-state index contributed by atoms with van der Waals surface area (Å²) in [4.78, 5) is 26.4. The van der Waals surface area contributed by atoms with Crippen molar-refractivity contribution in [2.24, 2.45) is 0 Å². The summed E-state index contributed by atoms with van der Waals surface area (Å²) in [6.07, 6.45) is -2.35. The summed E-state index contributed by atoms with van der Waals surface area (Å²) in [5, 5.41) is 4.96. The number of hydrogen-bond donors (Lipinski definition) is 2. The first-order valence-electron chi connectivity index (χ1n) is 6.51. The molecule has 0 aliphatic heterocycles. The van der Waals surface area contributed by atoms with E-state index in [1.54, 1.807) is 6.07 Å². The number of aromatic nitrogens is 1. The molecule has 122 valence electrons. The monoisotopic (exact) mass is 327 g/mol. The van der Waals surface area contributed by atoms with Gasteiger partial charge in [0.25, 0.3) is 11.8 Å². The normalized spacial score (nSPS) is 11.1. The molecular formula is C14H12F3N3O3. The summed E-state index contributed by atoms with van der Waals surface area (Å²) in [6.45, 7) is 0.242. The maximum absolute atomic E-state index is 12.4. The minimum absolute atomic E-state index is 0.00430. The highest BCUT2D eigenvalue weighted by atomic mass is 19.4. The molecule has 0 aliphatic rings. The molecular weight excluding hydrogens is 315 g/mol. The van der Waals surface area contributed by atoms with Crippen molar-refractivity contribution in [3.05, 3.63) is 53.7 Å². The Labute approximate surface area is 128 Å². The second kappa shape index (κ2) is 6.95. The van der Waals surface area contributed by atoms with Crippen molar-refractivity contribution >= 4 is 11.8 Å². The van der Waals surface area contributed by atoms with Gasteiger partial charge in [0.2, 0.25) is 0 Å². The zero-order valence-electron chi connectivity index (χ0n) is 11.7. The topological polar surface area (TPSA) is 84.2 Å². The van der Waals surface area contributed by atoms with Crippen LogP contribution in [-0.2, 0) is 6.18 Å². The summed E-state index contributed by atoms with van der Waals surface area (Å²) in [7, 11) is 0. The van der Waals surface area contributed by atoms with Crippen LogP contribution in [0.5, 0.6) is 0 Å². The maximum Gasteiger partial charge on any atom is 0.433 e. The van der Waals surface area contributed by atoms with Crippen molar-refractivity contribution in [3.8, 4) is 0 Å². The van der Waals surface area contributed by atoms with E-state index in [0.717, 1.165) is 18.3 Å². The van der Waals surface area contributed by atoms with Crippen LogP contribution in [0.25, 0.3) is 0 Å². The standard InChI is InChI=1S/C14H12F3N3O3/c15-14(16,17)11-4-3-9(8-20-11)12(21)18-5-6-19-13(22)10-2-1-7-23-10/h1-4,7-8H,5-6H2,(H,18,21)(H,19,22). The van der Waals surface area contributed by atoms with E-state index in [9.17, 15) is 22.8 Å². The fraction of sp³-hybridized carbons (Fsp3) is 0.214. The lowest BCUT2D eigenvalue weighted by Gasteiger charge is -2.08. The van der Waals surface area contributed by atoms with Gasteiger partial charge in [0.15, 0.2) is 5.76 Å². The van der Waals surface area contributed by atoms with Gasteiger partial charge in [0, 0.05) is 19.3 Å². The first-order valence-corrected chi connectivity index (χ1v) is 6.51. The van der Waals surface area contributed by atoms with Crippen molar-refractivity contribution < 1.29 is 27.2 Å². The van der Waals surface area contributed by atoms with Gasteiger partial charge in [-0.2, -0.15) is 13.2 Å². The number of halogens is 3. The Morgan fingerprint density at radius 1 is 1.09 bits per heavy atom. The van der Waals surface area contributed by atoms with Crippen LogP contribution in [0.1, 0.15) is 26.6 Å². The Hall–Kier alpha value is -2.84. The van der Waals surface area contributed by atoms with Crippen molar-refractivity contribution in [1.82, 2.24) is 15.6 Å². The Kier molecular flexibility index (Phi) is 4.99. The molecule has 0 unspecified atom stereocenters. The number of rotatable bonds is 5. The first kappa shape index (κ1) is 16.5. The summed E-state index contributed by atoms with van der Waals surface area (Å²) in [5.74, 6) is -0.873. The molecule has 0 aliphatic carbocycles. The van der Waals surface area contributed by atoms with Gasteiger partial charge in [-0.25, -0.2) is 0 Å². The predicted molar refractivity (Wildman–Crippen MR) is 72.6 cm³/mol. The van der Waals surface area contributed by atoms with Gasteiger partial charge in [-0.05, 0) is 24.3 Å². The average Bonchev–Trinajstić information content (AvgIpc) is 3.05. The molecule has 2 aromatic heterocycles. The number of pyridine rings is 1. The van der Waals surface area contributed by atoms with Crippen LogP contribution in [0.15, 0.2) is 41.1 Å². The predicted octanol–water partition coefficient (Wildman–Crippen LogP) is 1.85.